The normalized spacial score (nSPS) is 12.4. The molecule has 1 N–H and O–H groups in total. The van der Waals surface area contributed by atoms with Crippen LogP contribution in [0.4, 0.5) is 5.88 Å². The lowest BCUT2D eigenvalue weighted by Gasteiger charge is -2.12. The van der Waals surface area contributed by atoms with E-state index in [-0.39, 0.29) is 11.2 Å². The van der Waals surface area contributed by atoms with Crippen LogP contribution in [-0.2, 0) is 11.3 Å². The van der Waals surface area contributed by atoms with Crippen LogP contribution in [0, 0.1) is 20.8 Å². The maximum absolute atomic E-state index is 12.3. The van der Waals surface area contributed by atoms with Crippen molar-refractivity contribution in [3.8, 4) is 0 Å². The Bertz CT molecular complexity index is 678. The maximum Gasteiger partial charge on any atom is 0.240 e. The highest BCUT2D eigenvalue weighted by Gasteiger charge is 2.20. The van der Waals surface area contributed by atoms with E-state index in [4.69, 9.17) is 4.52 Å². The third-order valence-corrected chi connectivity index (χ3v) is 4.77. The van der Waals surface area contributed by atoms with Crippen LogP contribution < -0.4 is 5.32 Å². The average molecular weight is 336 g/mol. The molecule has 0 saturated heterocycles. The maximum atomic E-state index is 12.3. The molecule has 126 valence electrons. The van der Waals surface area contributed by atoms with Crippen LogP contribution in [0.25, 0.3) is 0 Å². The molecule has 0 fully saturated rings. The number of hydrogen-bond acceptors (Lipinski definition) is 5. The molecule has 2 rings (SSSR count). The van der Waals surface area contributed by atoms with E-state index in [1.807, 2.05) is 20.8 Å². The Morgan fingerprint density at radius 2 is 2.17 bits per heavy atom. The van der Waals surface area contributed by atoms with E-state index in [0.29, 0.717) is 5.88 Å². The zero-order valence-corrected chi connectivity index (χ0v) is 15.2. The molecule has 2 heterocycles. The van der Waals surface area contributed by atoms with E-state index >= 15 is 0 Å². The Kier molecular flexibility index (Phi) is 5.87. The number of amides is 1. The van der Waals surface area contributed by atoms with Gasteiger partial charge in [0.15, 0.2) is 5.16 Å². The number of carbonyl (C=O) groups is 1. The molecule has 1 amide bonds. The number of carbonyl (C=O) groups excluding carboxylic acids is 1. The molecule has 0 saturated carbocycles. The number of anilines is 1. The van der Waals surface area contributed by atoms with Crippen LogP contribution in [0.15, 0.2) is 15.7 Å². The summed E-state index contributed by atoms with van der Waals surface area (Å²) in [5.41, 5.74) is 2.92. The van der Waals surface area contributed by atoms with Crippen molar-refractivity contribution >= 4 is 23.6 Å². The van der Waals surface area contributed by atoms with Gasteiger partial charge < -0.3 is 9.09 Å². The smallest absolute Gasteiger partial charge is 0.240 e. The molecule has 0 bridgehead atoms. The first-order valence-corrected chi connectivity index (χ1v) is 8.75. The van der Waals surface area contributed by atoms with Crippen molar-refractivity contribution in [2.24, 2.45) is 0 Å². The molecule has 2 aromatic rings. The van der Waals surface area contributed by atoms with Crippen LogP contribution in [0.3, 0.4) is 0 Å². The second kappa shape index (κ2) is 7.68. The van der Waals surface area contributed by atoms with E-state index in [1.165, 1.54) is 17.5 Å². The quantitative estimate of drug-likeness (QED) is 0.780. The molecular weight excluding hydrogens is 312 g/mol. The second-order valence-corrected chi connectivity index (χ2v) is 6.96. The third kappa shape index (κ3) is 4.37. The standard InChI is InChI=1S/C16H24N4O2S/c1-6-7-8-20-12(4)11(3)17-16(20)23-13(5)15(21)18-14-9-10(2)19-22-14/h9,13H,6-8H2,1-5H3,(H,18,21). The van der Waals surface area contributed by atoms with E-state index in [1.54, 1.807) is 6.07 Å². The van der Waals surface area contributed by atoms with Gasteiger partial charge in [-0.2, -0.15) is 0 Å². The SMILES string of the molecule is CCCCn1c(SC(C)C(=O)Nc2cc(C)no2)nc(C)c1C. The van der Waals surface area contributed by atoms with Gasteiger partial charge in [0.2, 0.25) is 11.8 Å². The van der Waals surface area contributed by atoms with Crippen molar-refractivity contribution in [1.29, 1.82) is 0 Å². The molecular formula is C16H24N4O2S. The highest BCUT2D eigenvalue weighted by atomic mass is 32.2. The van der Waals surface area contributed by atoms with E-state index in [0.717, 1.165) is 35.9 Å². The summed E-state index contributed by atoms with van der Waals surface area (Å²) >= 11 is 1.47. The minimum absolute atomic E-state index is 0.119. The topological polar surface area (TPSA) is 73.0 Å². The third-order valence-electron chi connectivity index (χ3n) is 3.68. The highest BCUT2D eigenvalue weighted by Crippen LogP contribution is 2.26. The Morgan fingerprint density at radius 1 is 1.43 bits per heavy atom. The van der Waals surface area contributed by atoms with E-state index in [2.05, 4.69) is 33.9 Å². The van der Waals surface area contributed by atoms with Gasteiger partial charge in [-0.15, -0.1) is 0 Å². The molecule has 0 aliphatic rings. The Labute approximate surface area is 141 Å². The van der Waals surface area contributed by atoms with Crippen molar-refractivity contribution in [3.05, 3.63) is 23.1 Å². The number of aryl methyl sites for hydroxylation is 2. The molecule has 0 spiro atoms. The summed E-state index contributed by atoms with van der Waals surface area (Å²) < 4.78 is 7.22. The van der Waals surface area contributed by atoms with Gasteiger partial charge in [0.1, 0.15) is 0 Å². The predicted octanol–water partition coefficient (Wildman–Crippen LogP) is 3.72. The monoisotopic (exact) mass is 336 g/mol. The minimum atomic E-state index is -0.276. The van der Waals surface area contributed by atoms with Gasteiger partial charge in [-0.05, 0) is 34.1 Å². The van der Waals surface area contributed by atoms with Crippen LogP contribution in [0.1, 0.15) is 43.8 Å². The Morgan fingerprint density at radius 3 is 2.78 bits per heavy atom. The molecule has 0 aromatic carbocycles. The summed E-state index contributed by atoms with van der Waals surface area (Å²) in [4.78, 5) is 16.9. The number of nitrogens with zero attached hydrogens (tertiary/aromatic N) is 3. The van der Waals surface area contributed by atoms with Crippen LogP contribution in [0.5, 0.6) is 0 Å². The van der Waals surface area contributed by atoms with Crippen molar-refractivity contribution in [1.82, 2.24) is 14.7 Å². The van der Waals surface area contributed by atoms with Gasteiger partial charge in [-0.1, -0.05) is 30.3 Å². The largest absolute Gasteiger partial charge is 0.338 e. The van der Waals surface area contributed by atoms with E-state index in [9.17, 15) is 4.79 Å². The number of nitrogens with one attached hydrogen (secondary N) is 1. The second-order valence-electron chi connectivity index (χ2n) is 5.65. The first kappa shape index (κ1) is 17.6. The molecule has 0 aliphatic heterocycles. The molecule has 0 radical (unpaired) electrons. The van der Waals surface area contributed by atoms with Gasteiger partial charge >= 0.3 is 0 Å². The average Bonchev–Trinajstić information content (AvgIpc) is 3.02. The number of aromatic nitrogens is 3. The summed E-state index contributed by atoms with van der Waals surface area (Å²) in [5.74, 6) is 0.258. The van der Waals surface area contributed by atoms with Gasteiger partial charge in [0.25, 0.3) is 0 Å². The number of hydrogen-bond donors (Lipinski definition) is 1. The van der Waals surface area contributed by atoms with Gasteiger partial charge in [-0.25, -0.2) is 4.98 Å². The lowest BCUT2D eigenvalue weighted by Crippen LogP contribution is -2.22. The van der Waals surface area contributed by atoms with E-state index < -0.39 is 0 Å². The molecule has 0 aliphatic carbocycles. The van der Waals surface area contributed by atoms with Crippen molar-refractivity contribution < 1.29 is 9.32 Å². The lowest BCUT2D eigenvalue weighted by molar-refractivity contribution is -0.115. The predicted molar refractivity (Wildman–Crippen MR) is 91.8 cm³/mol. The zero-order valence-electron chi connectivity index (χ0n) is 14.3. The fourth-order valence-electron chi connectivity index (χ4n) is 2.15. The first-order chi connectivity index (χ1) is 10.9. The molecule has 1 atom stereocenters. The van der Waals surface area contributed by atoms with Crippen molar-refractivity contribution in [2.75, 3.05) is 5.32 Å². The van der Waals surface area contributed by atoms with Crippen molar-refractivity contribution in [3.63, 3.8) is 0 Å². The number of thioether (sulfide) groups is 1. The number of imidazole rings is 1. The molecule has 1 unspecified atom stereocenters. The Hall–Kier alpha value is -1.76. The van der Waals surface area contributed by atoms with Gasteiger partial charge in [0, 0.05) is 18.3 Å². The fraction of sp³-hybridized carbons (Fsp3) is 0.562. The molecule has 6 nitrogen and oxygen atoms in total. The Balaban J connectivity index is 2.05. The first-order valence-electron chi connectivity index (χ1n) is 7.87. The summed E-state index contributed by atoms with van der Waals surface area (Å²) in [7, 11) is 0. The molecule has 7 heteroatoms. The van der Waals surface area contributed by atoms with Crippen LogP contribution in [0.2, 0.25) is 0 Å². The van der Waals surface area contributed by atoms with Crippen LogP contribution in [-0.4, -0.2) is 25.9 Å². The zero-order chi connectivity index (χ0) is 17.0. The summed E-state index contributed by atoms with van der Waals surface area (Å²) in [6, 6.07) is 1.70. The number of rotatable bonds is 7. The summed E-state index contributed by atoms with van der Waals surface area (Å²) in [6.07, 6.45) is 2.23. The highest BCUT2D eigenvalue weighted by molar-refractivity contribution is 8.00. The number of unbranched alkanes of at least 4 members (excludes halogenated alkanes) is 1. The van der Waals surface area contributed by atoms with Gasteiger partial charge in [-0.3, -0.25) is 10.1 Å². The van der Waals surface area contributed by atoms with Crippen molar-refractivity contribution in [2.45, 2.75) is 64.4 Å². The molecule has 23 heavy (non-hydrogen) atoms. The fourth-order valence-corrected chi connectivity index (χ4v) is 3.18. The summed E-state index contributed by atoms with van der Waals surface area (Å²) in [5, 5.41) is 7.12. The lowest BCUT2D eigenvalue weighted by atomic mass is 10.3. The van der Waals surface area contributed by atoms with Gasteiger partial charge in [0.05, 0.1) is 16.6 Å². The van der Waals surface area contributed by atoms with Crippen LogP contribution >= 0.6 is 11.8 Å². The minimum Gasteiger partial charge on any atom is -0.338 e. The summed E-state index contributed by atoms with van der Waals surface area (Å²) in [6.45, 7) is 10.9. The molecule has 2 aromatic heterocycles.